The molecule has 6 nitrogen and oxygen atoms in total. The summed E-state index contributed by atoms with van der Waals surface area (Å²) < 4.78 is 57.5. The molecular formula is C14H10ClF4N3O3. The van der Waals surface area contributed by atoms with Crippen molar-refractivity contribution in [1.29, 1.82) is 0 Å². The third-order valence-corrected chi connectivity index (χ3v) is 3.37. The topological polar surface area (TPSA) is 87.2 Å². The molecule has 1 aromatic carbocycles. The number of rotatable bonds is 4. The molecule has 0 atom stereocenters. The fraction of sp³-hybridized carbons (Fsp3) is 0.214. The second-order valence-electron chi connectivity index (χ2n) is 4.85. The number of aryl methyl sites for hydroxylation is 1. The molecule has 0 saturated carbocycles. The molecule has 11 heteroatoms. The van der Waals surface area contributed by atoms with Crippen LogP contribution >= 0.6 is 11.6 Å². The number of carbonyl (C=O) groups is 2. The molecule has 25 heavy (non-hydrogen) atoms. The van der Waals surface area contributed by atoms with Gasteiger partial charge in [-0.3, -0.25) is 9.48 Å². The molecular weight excluding hydrogens is 370 g/mol. The lowest BCUT2D eigenvalue weighted by Gasteiger charge is -2.08. The Bertz CT molecular complexity index is 849. The molecule has 134 valence electrons. The highest BCUT2D eigenvalue weighted by Gasteiger charge is 2.41. The number of hydrogen-bond donors (Lipinski definition) is 1. The van der Waals surface area contributed by atoms with Gasteiger partial charge in [-0.2, -0.15) is 18.3 Å². The lowest BCUT2D eigenvalue weighted by Crippen LogP contribution is -2.19. The highest BCUT2D eigenvalue weighted by atomic mass is 35.5. The minimum atomic E-state index is -4.95. The first kappa shape index (κ1) is 18.7. The van der Waals surface area contributed by atoms with Crippen LogP contribution in [0.15, 0.2) is 18.2 Å². The van der Waals surface area contributed by atoms with Gasteiger partial charge in [0.2, 0.25) is 5.78 Å². The van der Waals surface area contributed by atoms with E-state index in [1.165, 1.54) is 6.07 Å². The Hall–Kier alpha value is -2.62. The molecule has 0 saturated heterocycles. The molecule has 0 aliphatic carbocycles. The van der Waals surface area contributed by atoms with Gasteiger partial charge in [-0.1, -0.05) is 11.6 Å². The van der Waals surface area contributed by atoms with Gasteiger partial charge in [0, 0.05) is 12.1 Å². The van der Waals surface area contributed by atoms with E-state index in [9.17, 15) is 27.2 Å². The lowest BCUT2D eigenvalue weighted by atomic mass is 10.1. The average molecular weight is 380 g/mol. The average Bonchev–Trinajstić information content (AvgIpc) is 2.80. The summed E-state index contributed by atoms with van der Waals surface area (Å²) >= 11 is 5.54. The maximum absolute atomic E-state index is 13.6. The van der Waals surface area contributed by atoms with Crippen molar-refractivity contribution < 1.29 is 31.9 Å². The number of nitrogens with zero attached hydrogens (tertiary/aromatic N) is 2. The molecule has 0 amide bonds. The molecule has 1 aromatic heterocycles. The number of halogens is 5. The number of nitrogen functional groups attached to an aromatic ring is 1. The molecule has 0 aliphatic rings. The predicted octanol–water partition coefficient (Wildman–Crippen LogP) is 2.85. The first-order valence-corrected chi connectivity index (χ1v) is 6.95. The quantitative estimate of drug-likeness (QED) is 0.501. The van der Waals surface area contributed by atoms with Crippen molar-refractivity contribution in [3.05, 3.63) is 45.9 Å². The van der Waals surface area contributed by atoms with Crippen molar-refractivity contribution in [2.45, 2.75) is 6.18 Å². The second-order valence-corrected chi connectivity index (χ2v) is 5.29. The SMILES string of the molecule is Cn1nc(C(F)(F)F)c(C(=O)OCC(=O)c2ccc(Cl)cc2F)c1N. The van der Waals surface area contributed by atoms with Crippen molar-refractivity contribution in [3.63, 3.8) is 0 Å². The van der Waals surface area contributed by atoms with Crippen molar-refractivity contribution in [3.8, 4) is 0 Å². The number of ether oxygens (including phenoxy) is 1. The third kappa shape index (κ3) is 3.90. The van der Waals surface area contributed by atoms with Crippen LogP contribution in [0.25, 0.3) is 0 Å². The fourth-order valence-electron chi connectivity index (χ4n) is 1.93. The second kappa shape index (κ2) is 6.71. The number of esters is 1. The first-order valence-electron chi connectivity index (χ1n) is 6.57. The van der Waals surface area contributed by atoms with E-state index in [0.29, 0.717) is 4.68 Å². The van der Waals surface area contributed by atoms with Gasteiger partial charge in [0.1, 0.15) is 17.2 Å². The maximum Gasteiger partial charge on any atom is 0.436 e. The summed E-state index contributed by atoms with van der Waals surface area (Å²) in [7, 11) is 1.11. The number of anilines is 1. The van der Waals surface area contributed by atoms with Gasteiger partial charge in [-0.15, -0.1) is 0 Å². The van der Waals surface area contributed by atoms with E-state index in [-0.39, 0.29) is 5.02 Å². The molecule has 2 N–H and O–H groups in total. The summed E-state index contributed by atoms with van der Waals surface area (Å²) in [6, 6.07) is 3.17. The largest absolute Gasteiger partial charge is 0.454 e. The standard InChI is InChI=1S/C14H10ClF4N3O3/c1-22-12(20)10(11(21-22)14(17,18)19)13(24)25-5-9(23)7-3-2-6(15)4-8(7)16/h2-4H,5,20H2,1H3. The van der Waals surface area contributed by atoms with Crippen molar-refractivity contribution in [1.82, 2.24) is 9.78 Å². The fourth-order valence-corrected chi connectivity index (χ4v) is 2.09. The van der Waals surface area contributed by atoms with Crippen LogP contribution < -0.4 is 5.73 Å². The minimum Gasteiger partial charge on any atom is -0.454 e. The van der Waals surface area contributed by atoms with Crippen LogP contribution in [-0.4, -0.2) is 28.1 Å². The molecule has 0 unspecified atom stereocenters. The third-order valence-electron chi connectivity index (χ3n) is 3.13. The van der Waals surface area contributed by atoms with E-state index >= 15 is 0 Å². The lowest BCUT2D eigenvalue weighted by molar-refractivity contribution is -0.142. The summed E-state index contributed by atoms with van der Waals surface area (Å²) in [5.74, 6) is -3.99. The number of benzene rings is 1. The number of nitrogens with two attached hydrogens (primary N) is 1. The van der Waals surface area contributed by atoms with Crippen LogP contribution in [0.1, 0.15) is 26.4 Å². The van der Waals surface area contributed by atoms with Gasteiger partial charge in [0.25, 0.3) is 0 Å². The van der Waals surface area contributed by atoms with E-state index in [4.69, 9.17) is 17.3 Å². The highest BCUT2D eigenvalue weighted by molar-refractivity contribution is 6.30. The highest BCUT2D eigenvalue weighted by Crippen LogP contribution is 2.33. The smallest absolute Gasteiger partial charge is 0.436 e. The van der Waals surface area contributed by atoms with Crippen LogP contribution in [-0.2, 0) is 18.0 Å². The summed E-state index contributed by atoms with van der Waals surface area (Å²) in [6.45, 7) is -0.983. The molecule has 0 radical (unpaired) electrons. The Balaban J connectivity index is 2.20. The first-order chi connectivity index (χ1) is 11.5. The van der Waals surface area contributed by atoms with Gasteiger partial charge in [-0.05, 0) is 18.2 Å². The molecule has 0 bridgehead atoms. The van der Waals surface area contributed by atoms with Gasteiger partial charge >= 0.3 is 12.1 Å². The van der Waals surface area contributed by atoms with Gasteiger partial charge in [0.05, 0.1) is 5.56 Å². The number of alkyl halides is 3. The van der Waals surface area contributed by atoms with E-state index in [1.807, 2.05) is 0 Å². The summed E-state index contributed by atoms with van der Waals surface area (Å²) in [4.78, 5) is 23.7. The predicted molar refractivity (Wildman–Crippen MR) is 78.6 cm³/mol. The van der Waals surface area contributed by atoms with Gasteiger partial charge in [0.15, 0.2) is 12.3 Å². The number of hydrogen-bond acceptors (Lipinski definition) is 5. The van der Waals surface area contributed by atoms with E-state index in [0.717, 1.165) is 19.2 Å². The summed E-state index contributed by atoms with van der Waals surface area (Å²) in [5.41, 5.74) is 2.42. The Morgan fingerprint density at radius 3 is 2.56 bits per heavy atom. The van der Waals surface area contributed by atoms with Gasteiger partial charge in [-0.25, -0.2) is 9.18 Å². The molecule has 0 aliphatic heterocycles. The van der Waals surface area contributed by atoms with Gasteiger partial charge < -0.3 is 10.5 Å². The van der Waals surface area contributed by atoms with Crippen LogP contribution in [0.4, 0.5) is 23.4 Å². The van der Waals surface area contributed by atoms with Crippen LogP contribution in [0.2, 0.25) is 5.02 Å². The summed E-state index contributed by atoms with van der Waals surface area (Å²) in [5, 5.41) is 3.16. The zero-order valence-corrected chi connectivity index (χ0v) is 13.3. The van der Waals surface area contributed by atoms with Crippen LogP contribution in [0, 0.1) is 5.82 Å². The Labute approximate surface area is 143 Å². The van der Waals surface area contributed by atoms with E-state index in [2.05, 4.69) is 9.84 Å². The maximum atomic E-state index is 13.6. The van der Waals surface area contributed by atoms with Crippen LogP contribution in [0.5, 0.6) is 0 Å². The molecule has 1 heterocycles. The Kier molecular flexibility index (Phi) is 5.02. The van der Waals surface area contributed by atoms with Crippen LogP contribution in [0.3, 0.4) is 0 Å². The summed E-state index contributed by atoms with van der Waals surface area (Å²) in [6.07, 6.45) is -4.95. The van der Waals surface area contributed by atoms with Crippen molar-refractivity contribution in [2.75, 3.05) is 12.3 Å². The minimum absolute atomic E-state index is 0.0454. The van der Waals surface area contributed by atoms with E-state index < -0.39 is 53.0 Å². The zero-order chi connectivity index (χ0) is 18.9. The zero-order valence-electron chi connectivity index (χ0n) is 12.5. The molecule has 0 fully saturated rings. The Morgan fingerprint density at radius 1 is 1.36 bits per heavy atom. The van der Waals surface area contributed by atoms with E-state index in [1.54, 1.807) is 0 Å². The number of Topliss-reactive ketones (excluding diaryl/α,β-unsaturated/α-hetero) is 1. The molecule has 2 rings (SSSR count). The van der Waals surface area contributed by atoms with Crippen molar-refractivity contribution in [2.24, 2.45) is 7.05 Å². The monoisotopic (exact) mass is 379 g/mol. The molecule has 2 aromatic rings. The van der Waals surface area contributed by atoms with Crippen molar-refractivity contribution >= 4 is 29.2 Å². The molecule has 0 spiro atoms. The normalized spacial score (nSPS) is 11.4. The number of ketones is 1. The number of aromatic nitrogens is 2. The Morgan fingerprint density at radius 2 is 2.00 bits per heavy atom. The number of carbonyl (C=O) groups excluding carboxylic acids is 2.